The first-order valence-electron chi connectivity index (χ1n) is 6.31. The van der Waals surface area contributed by atoms with Crippen molar-refractivity contribution in [3.8, 4) is 11.1 Å². The lowest BCUT2D eigenvalue weighted by molar-refractivity contribution is 0.653. The summed E-state index contributed by atoms with van der Waals surface area (Å²) >= 11 is 0. The summed E-state index contributed by atoms with van der Waals surface area (Å²) in [4.78, 5) is 0. The van der Waals surface area contributed by atoms with Crippen molar-refractivity contribution in [1.82, 2.24) is 0 Å². The lowest BCUT2D eigenvalue weighted by Crippen LogP contribution is -2.27. The molecule has 0 aliphatic rings. The lowest BCUT2D eigenvalue weighted by atomic mass is 10.0. The molecular weight excluding hydrogens is 254 g/mol. The third kappa shape index (κ3) is 3.44. The first-order valence-corrected chi connectivity index (χ1v) is 7.46. The minimum Gasteiger partial charge on any atom is -0.304 e. The van der Waals surface area contributed by atoms with Gasteiger partial charge in [0.05, 0.1) is 10.4 Å². The van der Waals surface area contributed by atoms with Crippen molar-refractivity contribution in [2.75, 3.05) is 4.72 Å². The molecule has 0 fully saturated rings. The largest absolute Gasteiger partial charge is 0.304 e. The van der Waals surface area contributed by atoms with Crippen LogP contribution in [-0.2, 0) is 11.0 Å². The SMILES string of the molecule is CC(C)(C)[S@@](=O)Nc1ccccc1-c1ccccc1. The molecule has 0 saturated carbocycles. The number of para-hydroxylation sites is 1. The van der Waals surface area contributed by atoms with Gasteiger partial charge in [-0.1, -0.05) is 48.5 Å². The number of nitrogens with one attached hydrogen (secondary N) is 1. The van der Waals surface area contributed by atoms with Gasteiger partial charge < -0.3 is 4.72 Å². The van der Waals surface area contributed by atoms with E-state index in [9.17, 15) is 4.21 Å². The summed E-state index contributed by atoms with van der Waals surface area (Å²) in [7, 11) is -1.12. The molecule has 0 saturated heterocycles. The van der Waals surface area contributed by atoms with E-state index in [1.54, 1.807) is 0 Å². The van der Waals surface area contributed by atoms with E-state index in [1.165, 1.54) is 0 Å². The Kier molecular flexibility index (Phi) is 4.05. The van der Waals surface area contributed by atoms with Crippen LogP contribution in [0, 0.1) is 0 Å². The van der Waals surface area contributed by atoms with Gasteiger partial charge in [-0.15, -0.1) is 0 Å². The molecular formula is C16H19NOS. The molecule has 1 N–H and O–H groups in total. The average Bonchev–Trinajstić information content (AvgIpc) is 2.39. The Bertz CT molecular complexity index is 573. The summed E-state index contributed by atoms with van der Waals surface area (Å²) in [5, 5.41) is 0. The van der Waals surface area contributed by atoms with Crippen LogP contribution in [0.5, 0.6) is 0 Å². The van der Waals surface area contributed by atoms with Gasteiger partial charge in [-0.05, 0) is 32.4 Å². The van der Waals surface area contributed by atoms with E-state index in [-0.39, 0.29) is 4.75 Å². The van der Waals surface area contributed by atoms with Gasteiger partial charge in [0.1, 0.15) is 11.0 Å². The third-order valence-corrected chi connectivity index (χ3v) is 4.29. The Hall–Kier alpha value is -1.61. The first kappa shape index (κ1) is 13.8. The second kappa shape index (κ2) is 5.57. The first-order chi connectivity index (χ1) is 8.98. The molecule has 0 bridgehead atoms. The van der Waals surface area contributed by atoms with Crippen LogP contribution < -0.4 is 4.72 Å². The number of anilines is 1. The van der Waals surface area contributed by atoms with Gasteiger partial charge in [0.25, 0.3) is 0 Å². The van der Waals surface area contributed by atoms with Crippen LogP contribution in [0.1, 0.15) is 20.8 Å². The van der Waals surface area contributed by atoms with Gasteiger partial charge in [0.15, 0.2) is 0 Å². The summed E-state index contributed by atoms with van der Waals surface area (Å²) in [6.07, 6.45) is 0. The maximum Gasteiger partial charge on any atom is 0.122 e. The Morgan fingerprint density at radius 1 is 0.895 bits per heavy atom. The number of hydrogen-bond donors (Lipinski definition) is 1. The molecule has 0 amide bonds. The Balaban J connectivity index is 2.35. The molecule has 0 aliphatic carbocycles. The maximum atomic E-state index is 12.2. The molecule has 19 heavy (non-hydrogen) atoms. The van der Waals surface area contributed by atoms with E-state index in [1.807, 2.05) is 63.2 Å². The van der Waals surface area contributed by atoms with Gasteiger partial charge in [0.2, 0.25) is 0 Å². The van der Waals surface area contributed by atoms with Gasteiger partial charge >= 0.3 is 0 Å². The smallest absolute Gasteiger partial charge is 0.122 e. The second-order valence-electron chi connectivity index (χ2n) is 5.39. The third-order valence-electron chi connectivity index (χ3n) is 2.77. The molecule has 2 nitrogen and oxygen atoms in total. The molecule has 0 aromatic heterocycles. The predicted molar refractivity (Wildman–Crippen MR) is 83.4 cm³/mol. The van der Waals surface area contributed by atoms with Gasteiger partial charge in [-0.3, -0.25) is 0 Å². The van der Waals surface area contributed by atoms with Crippen molar-refractivity contribution in [3.05, 3.63) is 54.6 Å². The molecule has 0 heterocycles. The van der Waals surface area contributed by atoms with Crippen molar-refractivity contribution in [2.45, 2.75) is 25.5 Å². The second-order valence-corrected chi connectivity index (χ2v) is 7.36. The number of benzene rings is 2. The zero-order valence-electron chi connectivity index (χ0n) is 11.5. The summed E-state index contributed by atoms with van der Waals surface area (Å²) in [6.45, 7) is 5.88. The molecule has 2 rings (SSSR count). The molecule has 0 unspecified atom stereocenters. The highest BCUT2D eigenvalue weighted by Crippen LogP contribution is 2.29. The van der Waals surface area contributed by atoms with Crippen LogP contribution in [0.25, 0.3) is 11.1 Å². The summed E-state index contributed by atoms with van der Waals surface area (Å²) < 4.78 is 15.1. The Morgan fingerprint density at radius 3 is 2.11 bits per heavy atom. The van der Waals surface area contributed by atoms with E-state index in [0.717, 1.165) is 16.8 Å². The van der Waals surface area contributed by atoms with Crippen molar-refractivity contribution in [1.29, 1.82) is 0 Å². The zero-order chi connectivity index (χ0) is 13.9. The fraction of sp³-hybridized carbons (Fsp3) is 0.250. The molecule has 2 aromatic rings. The van der Waals surface area contributed by atoms with Crippen LogP contribution in [0.2, 0.25) is 0 Å². The minimum absolute atomic E-state index is 0.288. The number of hydrogen-bond acceptors (Lipinski definition) is 1. The molecule has 100 valence electrons. The van der Waals surface area contributed by atoms with E-state index in [4.69, 9.17) is 0 Å². The van der Waals surface area contributed by atoms with Crippen LogP contribution >= 0.6 is 0 Å². The molecule has 1 atom stereocenters. The Morgan fingerprint density at radius 2 is 1.47 bits per heavy atom. The van der Waals surface area contributed by atoms with Crippen molar-refractivity contribution in [2.24, 2.45) is 0 Å². The van der Waals surface area contributed by atoms with Crippen molar-refractivity contribution < 1.29 is 4.21 Å². The zero-order valence-corrected chi connectivity index (χ0v) is 12.3. The fourth-order valence-corrected chi connectivity index (χ4v) is 2.38. The molecule has 0 spiro atoms. The molecule has 2 aromatic carbocycles. The standard InChI is InChI=1S/C16H19NOS/c1-16(2,3)19(18)17-15-12-8-7-11-14(15)13-9-5-4-6-10-13/h4-12,17H,1-3H3/t19-/m1/s1. The topological polar surface area (TPSA) is 29.1 Å². The highest BCUT2D eigenvalue weighted by Gasteiger charge is 2.20. The molecule has 0 aliphatic heterocycles. The van der Waals surface area contributed by atoms with E-state index >= 15 is 0 Å². The average molecular weight is 273 g/mol. The Labute approximate surface area is 117 Å². The quantitative estimate of drug-likeness (QED) is 0.891. The van der Waals surface area contributed by atoms with Crippen molar-refractivity contribution in [3.63, 3.8) is 0 Å². The van der Waals surface area contributed by atoms with Gasteiger partial charge in [-0.2, -0.15) is 0 Å². The number of rotatable bonds is 3. The summed E-state index contributed by atoms with van der Waals surface area (Å²) in [5.41, 5.74) is 3.10. The van der Waals surface area contributed by atoms with Crippen LogP contribution in [0.3, 0.4) is 0 Å². The van der Waals surface area contributed by atoms with E-state index < -0.39 is 11.0 Å². The van der Waals surface area contributed by atoms with Crippen LogP contribution in [0.15, 0.2) is 54.6 Å². The van der Waals surface area contributed by atoms with Gasteiger partial charge in [0, 0.05) is 5.56 Å². The summed E-state index contributed by atoms with van der Waals surface area (Å²) in [5.74, 6) is 0. The summed E-state index contributed by atoms with van der Waals surface area (Å²) in [6, 6.07) is 18.1. The van der Waals surface area contributed by atoms with Crippen LogP contribution in [-0.4, -0.2) is 8.96 Å². The van der Waals surface area contributed by atoms with Crippen LogP contribution in [0.4, 0.5) is 5.69 Å². The van der Waals surface area contributed by atoms with Crippen molar-refractivity contribution >= 4 is 16.7 Å². The maximum absolute atomic E-state index is 12.2. The normalized spacial score (nSPS) is 13.0. The monoisotopic (exact) mass is 273 g/mol. The highest BCUT2D eigenvalue weighted by atomic mass is 32.2. The van der Waals surface area contributed by atoms with Gasteiger partial charge in [-0.25, -0.2) is 4.21 Å². The lowest BCUT2D eigenvalue weighted by Gasteiger charge is -2.20. The van der Waals surface area contributed by atoms with E-state index in [2.05, 4.69) is 16.9 Å². The predicted octanol–water partition coefficient (Wildman–Crippen LogP) is 4.23. The molecule has 0 radical (unpaired) electrons. The van der Waals surface area contributed by atoms with E-state index in [0.29, 0.717) is 0 Å². The fourth-order valence-electron chi connectivity index (χ4n) is 1.69. The highest BCUT2D eigenvalue weighted by molar-refractivity contribution is 7.87. The molecule has 3 heteroatoms. The minimum atomic E-state index is -1.12.